The lowest BCUT2D eigenvalue weighted by Crippen LogP contribution is -2.41. The molecular formula is C15H23ClN4O2. The van der Waals surface area contributed by atoms with Gasteiger partial charge in [0.15, 0.2) is 0 Å². The van der Waals surface area contributed by atoms with E-state index in [1.54, 1.807) is 7.11 Å². The van der Waals surface area contributed by atoms with Gasteiger partial charge < -0.3 is 15.0 Å². The molecule has 1 unspecified atom stereocenters. The molecule has 1 aliphatic heterocycles. The van der Waals surface area contributed by atoms with E-state index in [1.165, 1.54) is 0 Å². The Balaban J connectivity index is 1.83. The predicted octanol–water partition coefficient (Wildman–Crippen LogP) is 1.55. The second kappa shape index (κ2) is 8.90. The SMILES string of the molecule is COCCNc1ccc(CC2CCCN(C(=O)CCl)C2)nn1. The number of methoxy groups -OCH3 is 1. The van der Waals surface area contributed by atoms with Gasteiger partial charge in [-0.25, -0.2) is 0 Å². The molecule has 1 atom stereocenters. The number of nitrogens with zero attached hydrogens (tertiary/aromatic N) is 3. The van der Waals surface area contributed by atoms with Gasteiger partial charge in [-0.2, -0.15) is 5.10 Å². The molecule has 1 saturated heterocycles. The Morgan fingerprint density at radius 1 is 1.50 bits per heavy atom. The van der Waals surface area contributed by atoms with Crippen molar-refractivity contribution >= 4 is 23.3 Å². The highest BCUT2D eigenvalue weighted by atomic mass is 35.5. The Kier molecular flexibility index (Phi) is 6.86. The van der Waals surface area contributed by atoms with Crippen molar-refractivity contribution in [2.45, 2.75) is 19.3 Å². The molecule has 122 valence electrons. The zero-order valence-corrected chi connectivity index (χ0v) is 13.7. The minimum absolute atomic E-state index is 0.0233. The highest BCUT2D eigenvalue weighted by molar-refractivity contribution is 6.27. The number of amides is 1. The Bertz CT molecular complexity index is 469. The molecule has 1 aliphatic rings. The van der Waals surface area contributed by atoms with Gasteiger partial charge in [0.25, 0.3) is 0 Å². The maximum Gasteiger partial charge on any atom is 0.237 e. The lowest BCUT2D eigenvalue weighted by molar-refractivity contribution is -0.130. The minimum atomic E-state index is 0.0233. The molecule has 1 N–H and O–H groups in total. The van der Waals surface area contributed by atoms with E-state index >= 15 is 0 Å². The molecule has 0 radical (unpaired) electrons. The molecule has 1 aromatic rings. The number of likely N-dealkylation sites (tertiary alicyclic amines) is 1. The van der Waals surface area contributed by atoms with Crippen LogP contribution in [0.2, 0.25) is 0 Å². The predicted molar refractivity (Wildman–Crippen MR) is 86.1 cm³/mol. The monoisotopic (exact) mass is 326 g/mol. The number of anilines is 1. The Morgan fingerprint density at radius 3 is 3.05 bits per heavy atom. The molecule has 1 amide bonds. The third-order valence-electron chi connectivity index (χ3n) is 3.82. The lowest BCUT2D eigenvalue weighted by atomic mass is 9.93. The van der Waals surface area contributed by atoms with E-state index < -0.39 is 0 Å². The standard InChI is InChI=1S/C15H23ClN4O2/c1-22-8-6-17-14-5-4-13(18-19-14)9-12-3-2-7-20(11-12)15(21)10-16/h4-5,12H,2-3,6-11H2,1H3,(H,17,19). The largest absolute Gasteiger partial charge is 0.383 e. The molecule has 7 heteroatoms. The number of halogens is 1. The van der Waals surface area contributed by atoms with Crippen molar-refractivity contribution in [2.75, 3.05) is 44.5 Å². The van der Waals surface area contributed by atoms with Crippen LogP contribution < -0.4 is 5.32 Å². The van der Waals surface area contributed by atoms with Gasteiger partial charge in [0.05, 0.1) is 12.3 Å². The molecule has 2 rings (SSSR count). The molecule has 0 saturated carbocycles. The average molecular weight is 327 g/mol. The topological polar surface area (TPSA) is 67.3 Å². The number of hydrogen-bond donors (Lipinski definition) is 1. The fourth-order valence-corrected chi connectivity index (χ4v) is 2.85. The fraction of sp³-hybridized carbons (Fsp3) is 0.667. The second-order valence-corrected chi connectivity index (χ2v) is 5.78. The molecule has 0 aliphatic carbocycles. The van der Waals surface area contributed by atoms with Crippen molar-refractivity contribution in [2.24, 2.45) is 5.92 Å². The number of hydrogen-bond acceptors (Lipinski definition) is 5. The van der Waals surface area contributed by atoms with Gasteiger partial charge in [0.2, 0.25) is 5.91 Å². The van der Waals surface area contributed by atoms with Crippen LogP contribution in [-0.4, -0.2) is 60.2 Å². The quantitative estimate of drug-likeness (QED) is 0.608. The summed E-state index contributed by atoms with van der Waals surface area (Å²) in [7, 11) is 1.67. The second-order valence-electron chi connectivity index (χ2n) is 5.52. The van der Waals surface area contributed by atoms with Gasteiger partial charge in [-0.3, -0.25) is 4.79 Å². The maximum atomic E-state index is 11.7. The highest BCUT2D eigenvalue weighted by Gasteiger charge is 2.23. The van der Waals surface area contributed by atoms with Crippen molar-refractivity contribution in [3.05, 3.63) is 17.8 Å². The molecule has 0 bridgehead atoms. The number of carbonyl (C=O) groups excluding carboxylic acids is 1. The molecule has 0 spiro atoms. The maximum absolute atomic E-state index is 11.7. The van der Waals surface area contributed by atoms with Gasteiger partial charge >= 0.3 is 0 Å². The van der Waals surface area contributed by atoms with Crippen molar-refractivity contribution in [3.63, 3.8) is 0 Å². The highest BCUT2D eigenvalue weighted by Crippen LogP contribution is 2.20. The van der Waals surface area contributed by atoms with Crippen LogP contribution in [0.3, 0.4) is 0 Å². The van der Waals surface area contributed by atoms with E-state index in [0.717, 1.165) is 43.9 Å². The summed E-state index contributed by atoms with van der Waals surface area (Å²) in [6.45, 7) is 2.93. The molecule has 6 nitrogen and oxygen atoms in total. The third-order valence-corrected chi connectivity index (χ3v) is 4.04. The summed E-state index contributed by atoms with van der Waals surface area (Å²) < 4.78 is 4.97. The molecule has 22 heavy (non-hydrogen) atoms. The van der Waals surface area contributed by atoms with Crippen LogP contribution in [0.15, 0.2) is 12.1 Å². The van der Waals surface area contributed by atoms with Gasteiger partial charge in [-0.15, -0.1) is 16.7 Å². The van der Waals surface area contributed by atoms with Crippen LogP contribution in [0, 0.1) is 5.92 Å². The fourth-order valence-electron chi connectivity index (χ4n) is 2.68. The lowest BCUT2D eigenvalue weighted by Gasteiger charge is -2.32. The molecular weight excluding hydrogens is 304 g/mol. The summed E-state index contributed by atoms with van der Waals surface area (Å²) >= 11 is 5.63. The van der Waals surface area contributed by atoms with E-state index in [1.807, 2.05) is 17.0 Å². The van der Waals surface area contributed by atoms with Crippen LogP contribution in [0.25, 0.3) is 0 Å². The van der Waals surface area contributed by atoms with Crippen molar-refractivity contribution < 1.29 is 9.53 Å². The van der Waals surface area contributed by atoms with Crippen molar-refractivity contribution in [1.29, 1.82) is 0 Å². The number of nitrogens with one attached hydrogen (secondary N) is 1. The van der Waals surface area contributed by atoms with Gasteiger partial charge in [0, 0.05) is 26.7 Å². The summed E-state index contributed by atoms with van der Waals surface area (Å²) in [4.78, 5) is 13.5. The number of rotatable bonds is 7. The average Bonchev–Trinajstić information content (AvgIpc) is 2.56. The number of carbonyl (C=O) groups is 1. The summed E-state index contributed by atoms with van der Waals surface area (Å²) in [6, 6.07) is 3.92. The van der Waals surface area contributed by atoms with Crippen molar-refractivity contribution in [1.82, 2.24) is 15.1 Å². The van der Waals surface area contributed by atoms with Crippen LogP contribution in [0.1, 0.15) is 18.5 Å². The third kappa shape index (κ3) is 5.10. The Labute approximate surface area is 136 Å². The van der Waals surface area contributed by atoms with Crippen LogP contribution in [0.4, 0.5) is 5.82 Å². The van der Waals surface area contributed by atoms with E-state index in [-0.39, 0.29) is 11.8 Å². The number of alkyl halides is 1. The molecule has 2 heterocycles. The number of aromatic nitrogens is 2. The minimum Gasteiger partial charge on any atom is -0.383 e. The zero-order valence-electron chi connectivity index (χ0n) is 12.9. The van der Waals surface area contributed by atoms with E-state index in [4.69, 9.17) is 16.3 Å². The van der Waals surface area contributed by atoms with Gasteiger partial charge in [-0.05, 0) is 37.3 Å². The van der Waals surface area contributed by atoms with Crippen molar-refractivity contribution in [3.8, 4) is 0 Å². The Morgan fingerprint density at radius 2 is 2.36 bits per heavy atom. The summed E-state index contributed by atoms with van der Waals surface area (Å²) in [6.07, 6.45) is 2.98. The molecule has 0 aromatic carbocycles. The Hall–Kier alpha value is -1.40. The van der Waals surface area contributed by atoms with Crippen LogP contribution in [-0.2, 0) is 16.0 Å². The summed E-state index contributed by atoms with van der Waals surface area (Å²) in [5.41, 5.74) is 0.961. The van der Waals surface area contributed by atoms with E-state index in [9.17, 15) is 4.79 Å². The van der Waals surface area contributed by atoms with Crippen LogP contribution in [0.5, 0.6) is 0 Å². The normalized spacial score (nSPS) is 18.3. The van der Waals surface area contributed by atoms with E-state index in [0.29, 0.717) is 19.1 Å². The first-order valence-corrected chi connectivity index (χ1v) is 8.15. The number of ether oxygens (including phenoxy) is 1. The van der Waals surface area contributed by atoms with Crippen LogP contribution >= 0.6 is 11.6 Å². The molecule has 1 fully saturated rings. The smallest absolute Gasteiger partial charge is 0.237 e. The summed E-state index contributed by atoms with van der Waals surface area (Å²) in [5, 5.41) is 11.6. The first-order valence-electron chi connectivity index (χ1n) is 7.62. The number of piperidine rings is 1. The summed E-state index contributed by atoms with van der Waals surface area (Å²) in [5.74, 6) is 1.27. The first-order chi connectivity index (χ1) is 10.7. The van der Waals surface area contributed by atoms with E-state index in [2.05, 4.69) is 15.5 Å². The van der Waals surface area contributed by atoms with Gasteiger partial charge in [0.1, 0.15) is 11.7 Å². The molecule has 1 aromatic heterocycles. The zero-order chi connectivity index (χ0) is 15.8. The van der Waals surface area contributed by atoms with Gasteiger partial charge in [-0.1, -0.05) is 0 Å². The first kappa shape index (κ1) is 17.0.